The molecule has 1 aromatic carbocycles. The van der Waals surface area contributed by atoms with E-state index in [1.807, 2.05) is 0 Å². The zero-order chi connectivity index (χ0) is 15.4. The summed E-state index contributed by atoms with van der Waals surface area (Å²) in [4.78, 5) is 33.8. The van der Waals surface area contributed by atoms with Crippen LogP contribution in [-0.2, 0) is 4.79 Å². The van der Waals surface area contributed by atoms with Crippen LogP contribution in [0.1, 0.15) is 23.2 Å². The quantitative estimate of drug-likeness (QED) is 0.557. The molecule has 1 aromatic rings. The van der Waals surface area contributed by atoms with Crippen LogP contribution < -0.4 is 16.0 Å². The molecule has 0 aliphatic carbocycles. The first-order chi connectivity index (χ1) is 10.0. The molecule has 1 aliphatic rings. The van der Waals surface area contributed by atoms with Crippen LogP contribution in [0.2, 0.25) is 0 Å². The van der Waals surface area contributed by atoms with E-state index < -0.39 is 10.8 Å². The second-order valence-corrected chi connectivity index (χ2v) is 4.72. The number of nitrogens with one attached hydrogen (secondary N) is 3. The van der Waals surface area contributed by atoms with Crippen molar-refractivity contribution in [3.63, 3.8) is 0 Å². The number of hydrogen-bond donors (Lipinski definition) is 3. The first-order valence-electron chi connectivity index (χ1n) is 6.55. The number of nitro groups is 1. The Kier molecular flexibility index (Phi) is 4.36. The minimum atomic E-state index is -0.538. The second kappa shape index (κ2) is 6.21. The Labute approximate surface area is 121 Å². The standard InChI is InChI=1S/C13H16N4O4/c1-14-12-9(3-2-4-10(12)17(20)21)13(19)16-8-5-6-11(18)15-7-8/h2-4,8,14H,5-7H2,1H3,(H,15,18)(H,16,19). The summed E-state index contributed by atoms with van der Waals surface area (Å²) in [7, 11) is 1.53. The third kappa shape index (κ3) is 3.28. The monoisotopic (exact) mass is 292 g/mol. The van der Waals surface area contributed by atoms with Crippen molar-refractivity contribution in [2.75, 3.05) is 18.9 Å². The summed E-state index contributed by atoms with van der Waals surface area (Å²) < 4.78 is 0. The molecule has 1 heterocycles. The molecule has 21 heavy (non-hydrogen) atoms. The van der Waals surface area contributed by atoms with Gasteiger partial charge in [-0.25, -0.2) is 0 Å². The van der Waals surface area contributed by atoms with Gasteiger partial charge in [-0.05, 0) is 12.5 Å². The Balaban J connectivity index is 2.17. The highest BCUT2D eigenvalue weighted by molar-refractivity contribution is 6.01. The number of rotatable bonds is 4. The van der Waals surface area contributed by atoms with E-state index in [4.69, 9.17) is 0 Å². The van der Waals surface area contributed by atoms with E-state index in [-0.39, 0.29) is 28.9 Å². The van der Waals surface area contributed by atoms with Crippen LogP contribution in [0.25, 0.3) is 0 Å². The summed E-state index contributed by atoms with van der Waals surface area (Å²) in [6.07, 6.45) is 0.917. The van der Waals surface area contributed by atoms with Gasteiger partial charge >= 0.3 is 0 Å². The Morgan fingerprint density at radius 1 is 1.48 bits per heavy atom. The van der Waals surface area contributed by atoms with Crippen LogP contribution in [0.15, 0.2) is 18.2 Å². The highest BCUT2D eigenvalue weighted by atomic mass is 16.6. The topological polar surface area (TPSA) is 113 Å². The first-order valence-corrected chi connectivity index (χ1v) is 6.55. The van der Waals surface area contributed by atoms with Crippen LogP contribution >= 0.6 is 0 Å². The number of carbonyl (C=O) groups is 2. The molecule has 1 atom stereocenters. The molecule has 3 N–H and O–H groups in total. The molecule has 2 rings (SSSR count). The molecule has 0 aromatic heterocycles. The van der Waals surface area contributed by atoms with Gasteiger partial charge in [0.25, 0.3) is 11.6 Å². The van der Waals surface area contributed by atoms with Gasteiger partial charge < -0.3 is 16.0 Å². The predicted molar refractivity (Wildman–Crippen MR) is 76.1 cm³/mol. The van der Waals surface area contributed by atoms with E-state index in [0.717, 1.165) is 0 Å². The first kappa shape index (κ1) is 14.8. The lowest BCUT2D eigenvalue weighted by atomic mass is 10.1. The van der Waals surface area contributed by atoms with Gasteiger partial charge in [-0.15, -0.1) is 0 Å². The van der Waals surface area contributed by atoms with Crippen molar-refractivity contribution >= 4 is 23.2 Å². The average molecular weight is 292 g/mol. The molecule has 1 fully saturated rings. The fourth-order valence-electron chi connectivity index (χ4n) is 2.26. The van der Waals surface area contributed by atoms with Crippen LogP contribution in [0.5, 0.6) is 0 Å². The van der Waals surface area contributed by atoms with Crippen molar-refractivity contribution in [2.45, 2.75) is 18.9 Å². The fourth-order valence-corrected chi connectivity index (χ4v) is 2.26. The van der Waals surface area contributed by atoms with Gasteiger partial charge in [0, 0.05) is 32.1 Å². The molecule has 1 unspecified atom stereocenters. The maximum absolute atomic E-state index is 12.3. The van der Waals surface area contributed by atoms with Gasteiger partial charge in [-0.2, -0.15) is 0 Å². The predicted octanol–water partition coefficient (Wildman–Crippen LogP) is 0.645. The lowest BCUT2D eigenvalue weighted by molar-refractivity contribution is -0.384. The summed E-state index contributed by atoms with van der Waals surface area (Å²) in [6.45, 7) is 0.369. The smallest absolute Gasteiger partial charge is 0.293 e. The molecule has 8 nitrogen and oxygen atoms in total. The average Bonchev–Trinajstić information content (AvgIpc) is 2.48. The Morgan fingerprint density at radius 3 is 2.81 bits per heavy atom. The van der Waals surface area contributed by atoms with E-state index >= 15 is 0 Å². The number of anilines is 1. The van der Waals surface area contributed by atoms with E-state index in [0.29, 0.717) is 19.4 Å². The summed E-state index contributed by atoms with van der Waals surface area (Å²) in [5.41, 5.74) is 0.241. The number of carbonyl (C=O) groups excluding carboxylic acids is 2. The highest BCUT2D eigenvalue weighted by Crippen LogP contribution is 2.27. The molecular formula is C13H16N4O4. The van der Waals surface area contributed by atoms with Crippen LogP contribution in [0.3, 0.4) is 0 Å². The molecular weight excluding hydrogens is 276 g/mol. The largest absolute Gasteiger partial charge is 0.382 e. The van der Waals surface area contributed by atoms with E-state index in [1.165, 1.54) is 25.2 Å². The van der Waals surface area contributed by atoms with Crippen molar-refractivity contribution in [1.82, 2.24) is 10.6 Å². The van der Waals surface area contributed by atoms with Gasteiger partial charge in [0.2, 0.25) is 5.91 Å². The van der Waals surface area contributed by atoms with E-state index in [2.05, 4.69) is 16.0 Å². The zero-order valence-corrected chi connectivity index (χ0v) is 11.5. The zero-order valence-electron chi connectivity index (χ0n) is 11.5. The van der Waals surface area contributed by atoms with Gasteiger partial charge in [-0.3, -0.25) is 19.7 Å². The Bertz CT molecular complexity index is 578. The molecule has 2 amide bonds. The van der Waals surface area contributed by atoms with Crippen molar-refractivity contribution in [2.24, 2.45) is 0 Å². The van der Waals surface area contributed by atoms with Gasteiger partial charge in [0.1, 0.15) is 5.69 Å². The minimum absolute atomic E-state index is 0.0354. The molecule has 1 aliphatic heterocycles. The van der Waals surface area contributed by atoms with Crippen molar-refractivity contribution < 1.29 is 14.5 Å². The van der Waals surface area contributed by atoms with Crippen LogP contribution in [-0.4, -0.2) is 36.4 Å². The van der Waals surface area contributed by atoms with Crippen molar-refractivity contribution in [3.05, 3.63) is 33.9 Å². The maximum Gasteiger partial charge on any atom is 0.293 e. The summed E-state index contributed by atoms with van der Waals surface area (Å²) >= 11 is 0. The van der Waals surface area contributed by atoms with Crippen LogP contribution in [0.4, 0.5) is 11.4 Å². The number of hydrogen-bond acceptors (Lipinski definition) is 5. The third-order valence-electron chi connectivity index (χ3n) is 3.33. The van der Waals surface area contributed by atoms with Crippen LogP contribution in [0, 0.1) is 10.1 Å². The number of nitrogens with zero attached hydrogens (tertiary/aromatic N) is 1. The normalized spacial score (nSPS) is 17.8. The molecule has 0 spiro atoms. The molecule has 1 saturated heterocycles. The van der Waals surface area contributed by atoms with E-state index in [1.54, 1.807) is 0 Å². The number of piperidine rings is 1. The summed E-state index contributed by atoms with van der Waals surface area (Å²) in [5, 5.41) is 19.1. The van der Waals surface area contributed by atoms with Gasteiger partial charge in [0.05, 0.1) is 10.5 Å². The van der Waals surface area contributed by atoms with Crippen molar-refractivity contribution in [3.8, 4) is 0 Å². The molecule has 0 saturated carbocycles. The highest BCUT2D eigenvalue weighted by Gasteiger charge is 2.24. The van der Waals surface area contributed by atoms with Gasteiger partial charge in [0.15, 0.2) is 0 Å². The SMILES string of the molecule is CNc1c(C(=O)NC2CCC(=O)NC2)cccc1[N+](=O)[O-]. The number of para-hydroxylation sites is 1. The molecule has 8 heteroatoms. The fraction of sp³-hybridized carbons (Fsp3) is 0.385. The Hall–Kier alpha value is -2.64. The van der Waals surface area contributed by atoms with E-state index in [9.17, 15) is 19.7 Å². The minimum Gasteiger partial charge on any atom is -0.382 e. The number of benzene rings is 1. The lowest BCUT2D eigenvalue weighted by Gasteiger charge is -2.23. The summed E-state index contributed by atoms with van der Waals surface area (Å²) in [5.74, 6) is -0.434. The molecule has 112 valence electrons. The van der Waals surface area contributed by atoms with Crippen molar-refractivity contribution in [1.29, 1.82) is 0 Å². The molecule has 0 bridgehead atoms. The lowest BCUT2D eigenvalue weighted by Crippen LogP contribution is -2.47. The Morgan fingerprint density at radius 2 is 2.24 bits per heavy atom. The van der Waals surface area contributed by atoms with Gasteiger partial charge in [-0.1, -0.05) is 6.07 Å². The number of amides is 2. The summed E-state index contributed by atoms with van der Waals surface area (Å²) in [6, 6.07) is 4.16. The molecule has 0 radical (unpaired) electrons. The second-order valence-electron chi connectivity index (χ2n) is 4.72. The maximum atomic E-state index is 12.3. The number of nitro benzene ring substituents is 1. The third-order valence-corrected chi connectivity index (χ3v) is 3.33.